The van der Waals surface area contributed by atoms with Gasteiger partial charge in [0.1, 0.15) is 12.6 Å². The van der Waals surface area contributed by atoms with Crippen molar-refractivity contribution in [2.45, 2.75) is 19.4 Å². The van der Waals surface area contributed by atoms with Crippen molar-refractivity contribution in [1.29, 1.82) is 0 Å². The molecule has 0 aliphatic carbocycles. The molecule has 3 N–H and O–H groups in total. The summed E-state index contributed by atoms with van der Waals surface area (Å²) in [5, 5.41) is 2.59. The minimum Gasteiger partial charge on any atom is -0.372 e. The third-order valence-corrected chi connectivity index (χ3v) is 3.55. The van der Waals surface area contributed by atoms with Gasteiger partial charge in [-0.2, -0.15) is 0 Å². The molecule has 0 heterocycles. The maximum absolute atomic E-state index is 11.5. The molecule has 0 unspecified atom stereocenters. The molecule has 0 fully saturated rings. The fraction of sp³-hybridized carbons (Fsp3) is 0.385. The summed E-state index contributed by atoms with van der Waals surface area (Å²) >= 11 is 2.18. The van der Waals surface area contributed by atoms with E-state index < -0.39 is 11.9 Å². The topological polar surface area (TPSA) is 81.4 Å². The van der Waals surface area contributed by atoms with E-state index in [0.717, 1.165) is 9.13 Å². The minimum atomic E-state index is -0.719. The van der Waals surface area contributed by atoms with E-state index in [0.29, 0.717) is 13.0 Å². The number of amides is 2. The van der Waals surface area contributed by atoms with Crippen LogP contribution < -0.4 is 11.1 Å². The Morgan fingerprint density at radius 1 is 1.42 bits per heavy atom. The smallest absolute Gasteiger partial charge is 0.246 e. The molecule has 0 spiro atoms. The number of nitrogens with one attached hydrogen (secondary N) is 1. The summed E-state index contributed by atoms with van der Waals surface area (Å²) in [6, 6.07) is 6.93. The van der Waals surface area contributed by atoms with Crippen molar-refractivity contribution in [1.82, 2.24) is 5.32 Å². The molecule has 1 aromatic rings. The van der Waals surface area contributed by atoms with Crippen LogP contribution in [0.15, 0.2) is 24.3 Å². The lowest BCUT2D eigenvalue weighted by atomic mass is 10.1. The first-order valence-corrected chi connectivity index (χ1v) is 7.02. The Labute approximate surface area is 126 Å². The molecule has 0 aliphatic heterocycles. The molecule has 6 heteroatoms. The molecular formula is C13H17IN2O3. The van der Waals surface area contributed by atoms with Crippen LogP contribution in [0.25, 0.3) is 0 Å². The number of ether oxygens (including phenoxy) is 1. The van der Waals surface area contributed by atoms with E-state index in [1.54, 1.807) is 6.92 Å². The molecule has 0 radical (unpaired) electrons. The van der Waals surface area contributed by atoms with Crippen LogP contribution in [-0.2, 0) is 20.7 Å². The van der Waals surface area contributed by atoms with Gasteiger partial charge in [-0.15, -0.1) is 0 Å². The van der Waals surface area contributed by atoms with Crippen molar-refractivity contribution in [3.05, 3.63) is 33.4 Å². The molecule has 104 valence electrons. The second-order valence-corrected chi connectivity index (χ2v) is 5.12. The average molecular weight is 376 g/mol. The van der Waals surface area contributed by atoms with Crippen LogP contribution in [0.5, 0.6) is 0 Å². The largest absolute Gasteiger partial charge is 0.372 e. The van der Waals surface area contributed by atoms with E-state index in [1.165, 1.54) is 0 Å². The second-order valence-electron chi connectivity index (χ2n) is 3.96. The van der Waals surface area contributed by atoms with Crippen LogP contribution in [0, 0.1) is 3.57 Å². The number of primary amides is 1. The van der Waals surface area contributed by atoms with Crippen molar-refractivity contribution in [2.75, 3.05) is 13.2 Å². The van der Waals surface area contributed by atoms with Crippen molar-refractivity contribution in [3.8, 4) is 0 Å². The lowest BCUT2D eigenvalue weighted by Crippen LogP contribution is -2.47. The number of hydrogen-bond donors (Lipinski definition) is 2. The Hall–Kier alpha value is -1.15. The number of carbonyl (C=O) groups excluding carboxylic acids is 2. The van der Waals surface area contributed by atoms with Gasteiger partial charge in [-0.05, 0) is 41.1 Å². The molecule has 0 aromatic heterocycles. The average Bonchev–Trinajstić information content (AvgIpc) is 2.38. The highest BCUT2D eigenvalue weighted by Gasteiger charge is 2.19. The van der Waals surface area contributed by atoms with Crippen LogP contribution in [0.4, 0.5) is 0 Å². The summed E-state index contributed by atoms with van der Waals surface area (Å²) in [5.74, 6) is -0.888. The van der Waals surface area contributed by atoms with Crippen molar-refractivity contribution < 1.29 is 14.3 Å². The monoisotopic (exact) mass is 376 g/mol. The van der Waals surface area contributed by atoms with Crippen LogP contribution in [0.1, 0.15) is 12.5 Å². The quantitative estimate of drug-likeness (QED) is 0.692. The van der Waals surface area contributed by atoms with Gasteiger partial charge >= 0.3 is 0 Å². The number of carbonyl (C=O) groups is 2. The van der Waals surface area contributed by atoms with Crippen molar-refractivity contribution >= 4 is 34.4 Å². The van der Waals surface area contributed by atoms with Crippen LogP contribution in [0.2, 0.25) is 0 Å². The van der Waals surface area contributed by atoms with E-state index in [4.69, 9.17) is 10.5 Å². The fourth-order valence-corrected chi connectivity index (χ4v) is 2.14. The Bertz CT molecular complexity index is 451. The molecule has 2 amide bonds. The zero-order chi connectivity index (χ0) is 14.3. The Balaban J connectivity index is 2.66. The highest BCUT2D eigenvalue weighted by atomic mass is 127. The predicted octanol–water partition coefficient (Wildman–Crippen LogP) is 0.840. The van der Waals surface area contributed by atoms with Crippen molar-refractivity contribution in [2.24, 2.45) is 5.73 Å². The molecule has 19 heavy (non-hydrogen) atoms. The molecule has 1 rings (SSSR count). The Kier molecular flexibility index (Phi) is 6.79. The predicted molar refractivity (Wildman–Crippen MR) is 80.5 cm³/mol. The van der Waals surface area contributed by atoms with E-state index in [2.05, 4.69) is 27.9 Å². The first-order chi connectivity index (χ1) is 9.04. The number of hydrogen-bond acceptors (Lipinski definition) is 3. The van der Waals surface area contributed by atoms with Gasteiger partial charge in [0, 0.05) is 16.6 Å². The molecule has 0 aliphatic rings. The van der Waals surface area contributed by atoms with Gasteiger partial charge in [0.05, 0.1) is 0 Å². The molecular weight excluding hydrogens is 359 g/mol. The highest BCUT2D eigenvalue weighted by molar-refractivity contribution is 14.1. The zero-order valence-corrected chi connectivity index (χ0v) is 12.8. The van der Waals surface area contributed by atoms with Gasteiger partial charge < -0.3 is 15.8 Å². The molecule has 1 atom stereocenters. The van der Waals surface area contributed by atoms with Gasteiger partial charge in [-0.3, -0.25) is 9.59 Å². The lowest BCUT2D eigenvalue weighted by Gasteiger charge is -2.16. The van der Waals surface area contributed by atoms with Crippen LogP contribution >= 0.6 is 22.6 Å². The molecule has 5 nitrogen and oxygen atoms in total. The van der Waals surface area contributed by atoms with Gasteiger partial charge in [-0.25, -0.2) is 0 Å². The van der Waals surface area contributed by atoms with Gasteiger partial charge in [-0.1, -0.05) is 18.2 Å². The normalized spacial score (nSPS) is 11.9. The Morgan fingerprint density at radius 3 is 2.68 bits per heavy atom. The maximum atomic E-state index is 11.5. The van der Waals surface area contributed by atoms with Gasteiger partial charge in [0.2, 0.25) is 11.8 Å². The third-order valence-electron chi connectivity index (χ3n) is 2.50. The molecule has 0 bridgehead atoms. The maximum Gasteiger partial charge on any atom is 0.246 e. The SMILES string of the molecule is CCOCC(=O)N[C@@H](Cc1ccccc1I)C(N)=O. The number of benzene rings is 1. The van der Waals surface area contributed by atoms with E-state index >= 15 is 0 Å². The summed E-state index contributed by atoms with van der Waals surface area (Å²) in [4.78, 5) is 22.9. The summed E-state index contributed by atoms with van der Waals surface area (Å²) in [5.41, 5.74) is 6.29. The van der Waals surface area contributed by atoms with Crippen LogP contribution in [0.3, 0.4) is 0 Å². The minimum absolute atomic E-state index is 0.0633. The summed E-state index contributed by atoms with van der Waals surface area (Å²) in [6.07, 6.45) is 0.381. The summed E-state index contributed by atoms with van der Waals surface area (Å²) < 4.78 is 6.02. The third kappa shape index (κ3) is 5.56. The Morgan fingerprint density at radius 2 is 2.11 bits per heavy atom. The summed E-state index contributed by atoms with van der Waals surface area (Å²) in [6.45, 7) is 2.18. The van der Waals surface area contributed by atoms with Crippen LogP contribution in [-0.4, -0.2) is 31.1 Å². The van der Waals surface area contributed by atoms with Crippen molar-refractivity contribution in [3.63, 3.8) is 0 Å². The lowest BCUT2D eigenvalue weighted by molar-refractivity contribution is -0.130. The molecule has 1 aromatic carbocycles. The molecule has 0 saturated carbocycles. The van der Waals surface area contributed by atoms with E-state index in [9.17, 15) is 9.59 Å². The molecule has 0 saturated heterocycles. The zero-order valence-electron chi connectivity index (χ0n) is 10.7. The van der Waals surface area contributed by atoms with E-state index in [1.807, 2.05) is 24.3 Å². The van der Waals surface area contributed by atoms with E-state index in [-0.39, 0.29) is 12.5 Å². The first kappa shape index (κ1) is 15.9. The van der Waals surface area contributed by atoms with Gasteiger partial charge in [0.15, 0.2) is 0 Å². The number of nitrogens with two attached hydrogens (primary N) is 1. The number of halogens is 1. The highest BCUT2D eigenvalue weighted by Crippen LogP contribution is 2.13. The standard InChI is InChI=1S/C13H17IN2O3/c1-2-19-8-12(17)16-11(13(15)18)7-9-5-3-4-6-10(9)14/h3-6,11H,2,7-8H2,1H3,(H2,15,18)(H,16,17)/t11-/m0/s1. The first-order valence-electron chi connectivity index (χ1n) is 5.94. The second kappa shape index (κ2) is 8.11. The number of rotatable bonds is 7. The van der Waals surface area contributed by atoms with Gasteiger partial charge in [0.25, 0.3) is 0 Å². The summed E-state index contributed by atoms with van der Waals surface area (Å²) in [7, 11) is 0. The fourth-order valence-electron chi connectivity index (χ4n) is 1.54.